The van der Waals surface area contributed by atoms with Crippen LogP contribution in [0.2, 0.25) is 0 Å². The van der Waals surface area contributed by atoms with Crippen molar-refractivity contribution in [3.05, 3.63) is 94.5 Å². The molecule has 2 amide bonds. The number of hydrogen-bond acceptors (Lipinski definition) is 4. The van der Waals surface area contributed by atoms with Gasteiger partial charge in [-0.3, -0.25) is 9.89 Å². The number of amides is 2. The third kappa shape index (κ3) is 5.73. The molecule has 2 aliphatic rings. The van der Waals surface area contributed by atoms with Crippen molar-refractivity contribution in [1.29, 1.82) is 0 Å². The first-order valence-corrected chi connectivity index (χ1v) is 14.3. The van der Waals surface area contributed by atoms with Crippen LogP contribution in [-0.4, -0.2) is 41.4 Å². The summed E-state index contributed by atoms with van der Waals surface area (Å²) < 4.78 is 34.5. The Morgan fingerprint density at radius 1 is 1.00 bits per heavy atom. The number of nitrogens with zero attached hydrogens (tertiary/aromatic N) is 3. The fourth-order valence-electron chi connectivity index (χ4n) is 5.46. The van der Waals surface area contributed by atoms with Gasteiger partial charge in [-0.1, -0.05) is 48.0 Å². The van der Waals surface area contributed by atoms with Crippen LogP contribution in [0.25, 0.3) is 0 Å². The average molecular weight is 564 g/mol. The van der Waals surface area contributed by atoms with Crippen LogP contribution in [0.15, 0.2) is 76.6 Å². The first kappa shape index (κ1) is 28.1. The van der Waals surface area contributed by atoms with Gasteiger partial charge < -0.3 is 9.64 Å². The highest BCUT2D eigenvalue weighted by molar-refractivity contribution is 7.80. The smallest absolute Gasteiger partial charge is 0.326 e. The van der Waals surface area contributed by atoms with Crippen molar-refractivity contribution in [2.45, 2.75) is 62.9 Å². The van der Waals surface area contributed by atoms with E-state index in [0.29, 0.717) is 24.5 Å². The summed E-state index contributed by atoms with van der Waals surface area (Å²) in [5.74, 6) is -2.33. The highest BCUT2D eigenvalue weighted by Gasteiger charge is 2.45. The summed E-state index contributed by atoms with van der Waals surface area (Å²) in [5.41, 5.74) is 3.37. The van der Waals surface area contributed by atoms with E-state index in [9.17, 15) is 13.6 Å². The van der Waals surface area contributed by atoms with E-state index in [0.717, 1.165) is 47.8 Å². The largest absolute Gasteiger partial charge is 0.493 e. The number of hydrogen-bond donors (Lipinski definition) is 1. The predicted molar refractivity (Wildman–Crippen MR) is 157 cm³/mol. The topological polar surface area (TPSA) is 45.1 Å². The quantitative estimate of drug-likeness (QED) is 0.310. The van der Waals surface area contributed by atoms with Crippen LogP contribution in [0.1, 0.15) is 73.0 Å². The molecule has 2 atom stereocenters. The van der Waals surface area contributed by atoms with Crippen molar-refractivity contribution >= 4 is 24.5 Å². The number of alkyl halides is 2. The number of piperidine rings is 1. The molecule has 0 bridgehead atoms. The molecule has 2 heterocycles. The number of carbonyl (C=O) groups is 1. The maximum absolute atomic E-state index is 14.4. The number of aryl methyl sites for hydroxylation is 1. The van der Waals surface area contributed by atoms with Crippen molar-refractivity contribution in [3.63, 3.8) is 0 Å². The Kier molecular flexibility index (Phi) is 8.17. The lowest BCUT2D eigenvalue weighted by Gasteiger charge is -2.36. The maximum Gasteiger partial charge on any atom is 0.326 e. The monoisotopic (exact) mass is 563 g/mol. The molecule has 3 aromatic carbocycles. The maximum atomic E-state index is 14.4. The predicted octanol–water partition coefficient (Wildman–Crippen LogP) is 7.94. The van der Waals surface area contributed by atoms with Crippen LogP contribution >= 0.6 is 12.6 Å². The van der Waals surface area contributed by atoms with Gasteiger partial charge in [0.25, 0.3) is 5.92 Å². The van der Waals surface area contributed by atoms with Crippen LogP contribution in [0.4, 0.5) is 13.6 Å². The van der Waals surface area contributed by atoms with Gasteiger partial charge in [0.1, 0.15) is 17.6 Å². The molecule has 0 saturated carbocycles. The van der Waals surface area contributed by atoms with Crippen LogP contribution in [0.3, 0.4) is 0 Å². The molecule has 0 spiro atoms. The molecule has 0 N–H and O–H groups in total. The van der Waals surface area contributed by atoms with Crippen LogP contribution in [0.5, 0.6) is 5.75 Å². The molecule has 0 radical (unpaired) electrons. The molecule has 210 valence electrons. The standard InChI is InChI=1S/C32H35F2N3O2S/c1-4-39-27-20-24(32(3,33)34)14-17-26(27)30-35-28(22-12-15-25(40)16-13-22)29(23-10-8-21(2)9-11-23)37(30)31(38)36-18-6-5-7-19-36/h8-17,20,28-29,40H,4-7,18-19H2,1-3H3. The molecule has 1 saturated heterocycles. The van der Waals surface area contributed by atoms with Crippen molar-refractivity contribution in [1.82, 2.24) is 9.80 Å². The molecule has 3 aromatic rings. The number of likely N-dealkylation sites (tertiary alicyclic amines) is 1. The number of halogens is 2. The van der Waals surface area contributed by atoms with Crippen LogP contribution in [0, 0.1) is 6.92 Å². The molecule has 2 unspecified atom stereocenters. The highest BCUT2D eigenvalue weighted by Crippen LogP contribution is 2.46. The van der Waals surface area contributed by atoms with Gasteiger partial charge >= 0.3 is 6.03 Å². The van der Waals surface area contributed by atoms with Crippen LogP contribution in [-0.2, 0) is 5.92 Å². The first-order valence-electron chi connectivity index (χ1n) is 13.8. The molecular weight excluding hydrogens is 528 g/mol. The number of ether oxygens (including phenoxy) is 1. The van der Waals surface area contributed by atoms with Crippen molar-refractivity contribution < 1.29 is 18.3 Å². The van der Waals surface area contributed by atoms with E-state index in [-0.39, 0.29) is 24.0 Å². The van der Waals surface area contributed by atoms with E-state index in [1.807, 2.05) is 67.3 Å². The molecule has 40 heavy (non-hydrogen) atoms. The van der Waals surface area contributed by atoms with E-state index in [1.165, 1.54) is 12.1 Å². The number of amidine groups is 1. The number of thiol groups is 1. The zero-order chi connectivity index (χ0) is 28.4. The summed E-state index contributed by atoms with van der Waals surface area (Å²) in [6, 6.07) is 19.3. The van der Waals surface area contributed by atoms with Gasteiger partial charge in [0, 0.05) is 30.5 Å². The Balaban J connectivity index is 1.71. The number of benzene rings is 3. The Hall–Kier alpha value is -3.39. The minimum atomic E-state index is -3.03. The zero-order valence-corrected chi connectivity index (χ0v) is 24.0. The summed E-state index contributed by atoms with van der Waals surface area (Å²) in [4.78, 5) is 24.0. The van der Waals surface area contributed by atoms with Gasteiger partial charge in [-0.2, -0.15) is 0 Å². The summed E-state index contributed by atoms with van der Waals surface area (Å²) in [7, 11) is 0. The van der Waals surface area contributed by atoms with Crippen molar-refractivity contribution in [2.75, 3.05) is 19.7 Å². The number of urea groups is 1. The normalized spacial score (nSPS) is 19.5. The van der Waals surface area contributed by atoms with E-state index < -0.39 is 18.0 Å². The minimum absolute atomic E-state index is 0.135. The molecule has 0 aliphatic carbocycles. The lowest BCUT2D eigenvalue weighted by molar-refractivity contribution is 0.0172. The molecule has 5 rings (SSSR count). The van der Waals surface area contributed by atoms with E-state index in [2.05, 4.69) is 12.6 Å². The highest BCUT2D eigenvalue weighted by atomic mass is 32.1. The molecule has 8 heteroatoms. The van der Waals surface area contributed by atoms with Crippen molar-refractivity contribution in [2.24, 2.45) is 4.99 Å². The second-order valence-corrected chi connectivity index (χ2v) is 11.1. The molecular formula is C32H35F2N3O2S. The average Bonchev–Trinajstić information content (AvgIpc) is 3.34. The third-order valence-electron chi connectivity index (χ3n) is 7.58. The lowest BCUT2D eigenvalue weighted by atomic mass is 9.93. The first-order chi connectivity index (χ1) is 19.2. The lowest BCUT2D eigenvalue weighted by Crippen LogP contribution is -2.48. The summed E-state index contributed by atoms with van der Waals surface area (Å²) in [6.07, 6.45) is 2.98. The van der Waals surface area contributed by atoms with Gasteiger partial charge in [-0.05, 0) is 68.5 Å². The second kappa shape index (κ2) is 11.6. The Bertz CT molecular complexity index is 1380. The number of rotatable bonds is 6. The Labute approximate surface area is 240 Å². The molecule has 5 nitrogen and oxygen atoms in total. The van der Waals surface area contributed by atoms with Gasteiger partial charge in [-0.15, -0.1) is 12.6 Å². The SMILES string of the molecule is CCOc1cc(C(C)(F)F)ccc1C1=NC(c2ccc(S)cc2)C(c2ccc(C)cc2)N1C(=O)N1CCCCC1. The zero-order valence-electron chi connectivity index (χ0n) is 23.1. The van der Waals surface area contributed by atoms with Gasteiger partial charge in [0.15, 0.2) is 0 Å². The van der Waals surface area contributed by atoms with Gasteiger partial charge in [0.2, 0.25) is 0 Å². The summed E-state index contributed by atoms with van der Waals surface area (Å²) in [6.45, 7) is 6.33. The molecule has 2 aliphatic heterocycles. The van der Waals surface area contributed by atoms with E-state index in [1.54, 1.807) is 11.0 Å². The van der Waals surface area contributed by atoms with Gasteiger partial charge in [0.05, 0.1) is 18.2 Å². The Morgan fingerprint density at radius 3 is 2.27 bits per heavy atom. The molecule has 0 aromatic heterocycles. The van der Waals surface area contributed by atoms with Gasteiger partial charge in [-0.25, -0.2) is 13.6 Å². The Morgan fingerprint density at radius 2 is 1.65 bits per heavy atom. The van der Waals surface area contributed by atoms with Crippen molar-refractivity contribution in [3.8, 4) is 5.75 Å². The second-order valence-electron chi connectivity index (χ2n) is 10.6. The summed E-state index contributed by atoms with van der Waals surface area (Å²) >= 11 is 4.46. The van der Waals surface area contributed by atoms with E-state index in [4.69, 9.17) is 9.73 Å². The number of carbonyl (C=O) groups excluding carboxylic acids is 1. The molecule has 1 fully saturated rings. The number of aliphatic imine (C=N–C) groups is 1. The third-order valence-corrected chi connectivity index (χ3v) is 7.88. The van der Waals surface area contributed by atoms with E-state index >= 15 is 0 Å². The fraction of sp³-hybridized carbons (Fsp3) is 0.375. The van der Waals surface area contributed by atoms with Crippen LogP contribution < -0.4 is 4.74 Å². The summed E-state index contributed by atoms with van der Waals surface area (Å²) in [5, 5.41) is 0. The minimum Gasteiger partial charge on any atom is -0.493 e. The fourth-order valence-corrected chi connectivity index (χ4v) is 5.61.